The highest BCUT2D eigenvalue weighted by Crippen LogP contribution is 2.34. The van der Waals surface area contributed by atoms with Gasteiger partial charge in [0, 0.05) is 11.8 Å². The molecule has 1 aliphatic rings. The minimum absolute atomic E-state index is 0.123. The lowest BCUT2D eigenvalue weighted by Crippen LogP contribution is -2.15. The lowest BCUT2D eigenvalue weighted by atomic mass is 10.2. The van der Waals surface area contributed by atoms with Gasteiger partial charge in [-0.1, -0.05) is 12.1 Å². The smallest absolute Gasteiger partial charge is 0.236 e. The molecule has 2 aromatic carbocycles. The lowest BCUT2D eigenvalue weighted by molar-refractivity contribution is 0.174. The third-order valence-electron chi connectivity index (χ3n) is 2.98. The number of nitrogens with two attached hydrogens (primary N) is 1. The highest BCUT2D eigenvalue weighted by atomic mass is 32.2. The third-order valence-corrected chi connectivity index (χ3v) is 4.24. The molecule has 0 bridgehead atoms. The number of nitrogen functional groups attached to an aromatic ring is 1. The van der Waals surface area contributed by atoms with E-state index < -0.39 is 10.0 Å². The third kappa shape index (κ3) is 3.19. The minimum atomic E-state index is -3.51. The van der Waals surface area contributed by atoms with Crippen LogP contribution in [0.2, 0.25) is 0 Å². The molecule has 1 heterocycles. The summed E-state index contributed by atoms with van der Waals surface area (Å²) in [5, 5.41) is 0. The predicted molar refractivity (Wildman–Crippen MR) is 79.7 cm³/mol. The van der Waals surface area contributed by atoms with Crippen molar-refractivity contribution in [3.63, 3.8) is 0 Å². The van der Waals surface area contributed by atoms with Crippen LogP contribution < -0.4 is 19.9 Å². The molecule has 0 aromatic heterocycles. The number of rotatable bonds is 4. The van der Waals surface area contributed by atoms with Crippen LogP contribution in [0.4, 0.5) is 11.4 Å². The Morgan fingerprint density at radius 3 is 2.52 bits per heavy atom. The van der Waals surface area contributed by atoms with Gasteiger partial charge in [0.1, 0.15) is 0 Å². The summed E-state index contributed by atoms with van der Waals surface area (Å²) in [7, 11) is -3.51. The van der Waals surface area contributed by atoms with Crippen LogP contribution in [-0.2, 0) is 15.8 Å². The molecule has 21 heavy (non-hydrogen) atoms. The van der Waals surface area contributed by atoms with Crippen molar-refractivity contribution < 1.29 is 17.9 Å². The van der Waals surface area contributed by atoms with Crippen LogP contribution >= 0.6 is 0 Å². The average Bonchev–Trinajstić information content (AvgIpc) is 2.88. The zero-order valence-corrected chi connectivity index (χ0v) is 11.9. The molecule has 0 radical (unpaired) electrons. The first-order valence-corrected chi connectivity index (χ1v) is 7.92. The van der Waals surface area contributed by atoms with Gasteiger partial charge in [0.05, 0.1) is 11.4 Å². The van der Waals surface area contributed by atoms with Crippen molar-refractivity contribution in [2.75, 3.05) is 17.2 Å². The Labute approximate surface area is 122 Å². The highest BCUT2D eigenvalue weighted by molar-refractivity contribution is 7.91. The number of anilines is 2. The summed E-state index contributed by atoms with van der Waals surface area (Å²) < 4.78 is 37.2. The van der Waals surface area contributed by atoms with Gasteiger partial charge in [-0.2, -0.15) is 0 Å². The van der Waals surface area contributed by atoms with Gasteiger partial charge in [0.2, 0.25) is 16.8 Å². The Hall–Kier alpha value is -2.41. The zero-order chi connectivity index (χ0) is 14.9. The van der Waals surface area contributed by atoms with Gasteiger partial charge >= 0.3 is 0 Å². The van der Waals surface area contributed by atoms with Crippen LogP contribution in [0, 0.1) is 0 Å². The molecule has 0 fully saturated rings. The van der Waals surface area contributed by atoms with Crippen molar-refractivity contribution >= 4 is 21.4 Å². The molecule has 0 unspecified atom stereocenters. The number of fused-ring (bicyclic) bond motifs is 1. The van der Waals surface area contributed by atoms with Crippen LogP contribution in [0.25, 0.3) is 0 Å². The molecule has 0 saturated carbocycles. The van der Waals surface area contributed by atoms with Gasteiger partial charge in [0.25, 0.3) is 0 Å². The molecule has 2 aromatic rings. The maximum Gasteiger partial charge on any atom is 0.236 e. The maximum atomic E-state index is 12.1. The fourth-order valence-electron chi connectivity index (χ4n) is 2.01. The number of nitrogens with one attached hydrogen (secondary N) is 1. The molecule has 0 spiro atoms. The second kappa shape index (κ2) is 5.17. The van der Waals surface area contributed by atoms with Crippen molar-refractivity contribution in [3.05, 3.63) is 48.0 Å². The Bertz CT molecular complexity index is 757. The van der Waals surface area contributed by atoms with Gasteiger partial charge in [-0.15, -0.1) is 0 Å². The normalized spacial score (nSPS) is 13.1. The monoisotopic (exact) mass is 306 g/mol. The number of hydrogen-bond donors (Lipinski definition) is 2. The summed E-state index contributed by atoms with van der Waals surface area (Å²) in [6.07, 6.45) is 0. The molecular weight excluding hydrogens is 292 g/mol. The molecule has 3 rings (SSSR count). The molecule has 3 N–H and O–H groups in total. The van der Waals surface area contributed by atoms with Crippen LogP contribution in [0.15, 0.2) is 42.5 Å². The molecule has 0 amide bonds. The largest absolute Gasteiger partial charge is 0.454 e. The van der Waals surface area contributed by atoms with E-state index in [2.05, 4.69) is 4.72 Å². The van der Waals surface area contributed by atoms with E-state index in [1.165, 1.54) is 0 Å². The van der Waals surface area contributed by atoms with E-state index in [0.717, 1.165) is 0 Å². The van der Waals surface area contributed by atoms with E-state index in [-0.39, 0.29) is 12.5 Å². The van der Waals surface area contributed by atoms with Gasteiger partial charge in [-0.3, -0.25) is 4.72 Å². The van der Waals surface area contributed by atoms with Gasteiger partial charge in [0.15, 0.2) is 11.5 Å². The topological polar surface area (TPSA) is 90.7 Å². The fourth-order valence-corrected chi connectivity index (χ4v) is 3.20. The Morgan fingerprint density at radius 2 is 1.76 bits per heavy atom. The number of ether oxygens (including phenoxy) is 2. The van der Waals surface area contributed by atoms with E-state index >= 15 is 0 Å². The zero-order valence-electron chi connectivity index (χ0n) is 11.1. The fraction of sp³-hybridized carbons (Fsp3) is 0.143. The van der Waals surface area contributed by atoms with Crippen LogP contribution in [-0.4, -0.2) is 15.2 Å². The summed E-state index contributed by atoms with van der Waals surface area (Å²) in [5.74, 6) is 1.01. The minimum Gasteiger partial charge on any atom is -0.454 e. The maximum absolute atomic E-state index is 12.1. The van der Waals surface area contributed by atoms with Crippen LogP contribution in [0.1, 0.15) is 5.56 Å². The van der Waals surface area contributed by atoms with E-state index in [1.54, 1.807) is 42.5 Å². The number of sulfonamides is 1. The van der Waals surface area contributed by atoms with Crippen molar-refractivity contribution in [3.8, 4) is 11.5 Å². The first kappa shape index (κ1) is 13.6. The molecule has 0 saturated heterocycles. The van der Waals surface area contributed by atoms with E-state index in [1.807, 2.05) is 0 Å². The first-order chi connectivity index (χ1) is 10.0. The van der Waals surface area contributed by atoms with Crippen molar-refractivity contribution in [2.24, 2.45) is 0 Å². The standard InChI is InChI=1S/C14H14N2O4S/c15-11-3-1-10(2-4-11)8-21(17,18)16-12-5-6-13-14(7-12)20-9-19-13/h1-7,16H,8-9,15H2. The number of benzene rings is 2. The molecular formula is C14H14N2O4S. The Kier molecular flexibility index (Phi) is 3.34. The molecule has 0 aliphatic carbocycles. The molecule has 6 nitrogen and oxygen atoms in total. The van der Waals surface area contributed by atoms with E-state index in [4.69, 9.17) is 15.2 Å². The second-order valence-electron chi connectivity index (χ2n) is 4.67. The summed E-state index contributed by atoms with van der Waals surface area (Å²) in [6.45, 7) is 0.150. The van der Waals surface area contributed by atoms with Crippen molar-refractivity contribution in [2.45, 2.75) is 5.75 Å². The molecule has 110 valence electrons. The summed E-state index contributed by atoms with van der Waals surface area (Å²) >= 11 is 0. The molecule has 0 atom stereocenters. The summed E-state index contributed by atoms with van der Waals surface area (Å²) in [4.78, 5) is 0. The average molecular weight is 306 g/mol. The SMILES string of the molecule is Nc1ccc(CS(=O)(=O)Nc2ccc3c(c2)OCO3)cc1. The summed E-state index contributed by atoms with van der Waals surface area (Å²) in [6, 6.07) is 11.6. The Balaban J connectivity index is 1.75. The molecule has 1 aliphatic heterocycles. The molecule has 7 heteroatoms. The Morgan fingerprint density at radius 1 is 1.05 bits per heavy atom. The van der Waals surface area contributed by atoms with Gasteiger partial charge in [-0.25, -0.2) is 8.42 Å². The second-order valence-corrected chi connectivity index (χ2v) is 6.39. The van der Waals surface area contributed by atoms with Gasteiger partial charge < -0.3 is 15.2 Å². The highest BCUT2D eigenvalue weighted by Gasteiger charge is 2.16. The first-order valence-electron chi connectivity index (χ1n) is 6.26. The predicted octanol–water partition coefficient (Wildman–Crippen LogP) is 1.94. The summed E-state index contributed by atoms with van der Waals surface area (Å²) in [5.41, 5.74) is 7.28. The van der Waals surface area contributed by atoms with Crippen LogP contribution in [0.3, 0.4) is 0 Å². The quantitative estimate of drug-likeness (QED) is 0.842. The number of hydrogen-bond acceptors (Lipinski definition) is 5. The van der Waals surface area contributed by atoms with Crippen LogP contribution in [0.5, 0.6) is 11.5 Å². The van der Waals surface area contributed by atoms with E-state index in [0.29, 0.717) is 28.4 Å². The van der Waals surface area contributed by atoms with Crippen molar-refractivity contribution in [1.29, 1.82) is 0 Å². The lowest BCUT2D eigenvalue weighted by Gasteiger charge is -2.09. The van der Waals surface area contributed by atoms with Gasteiger partial charge in [-0.05, 0) is 29.8 Å². The van der Waals surface area contributed by atoms with E-state index in [9.17, 15) is 8.42 Å². The van der Waals surface area contributed by atoms with Crippen molar-refractivity contribution in [1.82, 2.24) is 0 Å².